The van der Waals surface area contributed by atoms with Crippen molar-refractivity contribution >= 4 is 5.91 Å². The molecule has 1 aromatic heterocycles. The molecule has 0 radical (unpaired) electrons. The van der Waals surface area contributed by atoms with Gasteiger partial charge in [-0.2, -0.15) is 0 Å². The van der Waals surface area contributed by atoms with Crippen molar-refractivity contribution in [2.75, 3.05) is 20.2 Å². The molecule has 1 aliphatic rings. The van der Waals surface area contributed by atoms with Gasteiger partial charge in [-0.3, -0.25) is 9.78 Å². The lowest BCUT2D eigenvalue weighted by Gasteiger charge is -2.33. The monoisotopic (exact) mass is 326 g/mol. The van der Waals surface area contributed by atoms with Crippen LogP contribution in [-0.2, 0) is 11.3 Å². The highest BCUT2D eigenvalue weighted by Gasteiger charge is 2.26. The van der Waals surface area contributed by atoms with E-state index in [0.717, 1.165) is 24.9 Å². The lowest BCUT2D eigenvalue weighted by molar-refractivity contribution is -0.00689. The molecule has 5 heteroatoms. The zero-order chi connectivity index (χ0) is 16.8. The Kier molecular flexibility index (Phi) is 5.43. The van der Waals surface area contributed by atoms with E-state index >= 15 is 0 Å². The van der Waals surface area contributed by atoms with Crippen molar-refractivity contribution < 1.29 is 14.3 Å². The van der Waals surface area contributed by atoms with E-state index in [-0.39, 0.29) is 12.0 Å². The van der Waals surface area contributed by atoms with Crippen molar-refractivity contribution in [1.29, 1.82) is 0 Å². The number of rotatable bonds is 5. The predicted molar refractivity (Wildman–Crippen MR) is 90.9 cm³/mol. The number of para-hydroxylation sites is 1. The average Bonchev–Trinajstić information content (AvgIpc) is 2.67. The van der Waals surface area contributed by atoms with Crippen LogP contribution in [0.15, 0.2) is 48.8 Å². The maximum absolute atomic E-state index is 12.8. The zero-order valence-corrected chi connectivity index (χ0v) is 13.9. The number of nitrogens with zero attached hydrogens (tertiary/aromatic N) is 2. The lowest BCUT2D eigenvalue weighted by atomic mass is 10.1. The predicted octanol–water partition coefficient (Wildman–Crippen LogP) is 2.91. The minimum atomic E-state index is 0.00197. The minimum Gasteiger partial charge on any atom is -0.496 e. The van der Waals surface area contributed by atoms with E-state index in [4.69, 9.17) is 9.47 Å². The molecular weight excluding hydrogens is 304 g/mol. The van der Waals surface area contributed by atoms with Crippen molar-refractivity contribution in [2.24, 2.45) is 0 Å². The number of hydrogen-bond acceptors (Lipinski definition) is 4. The van der Waals surface area contributed by atoms with Crippen molar-refractivity contribution in [3.8, 4) is 5.75 Å². The quantitative estimate of drug-likeness (QED) is 0.848. The number of methoxy groups -OCH3 is 1. The van der Waals surface area contributed by atoms with Crippen LogP contribution in [0, 0.1) is 0 Å². The first kappa shape index (κ1) is 16.5. The van der Waals surface area contributed by atoms with Gasteiger partial charge in [-0.05, 0) is 36.6 Å². The van der Waals surface area contributed by atoms with Crippen LogP contribution in [0.1, 0.15) is 28.8 Å². The van der Waals surface area contributed by atoms with Gasteiger partial charge in [0.25, 0.3) is 5.91 Å². The number of carbonyl (C=O) groups is 1. The molecule has 1 aliphatic heterocycles. The van der Waals surface area contributed by atoms with E-state index in [1.807, 2.05) is 35.2 Å². The van der Waals surface area contributed by atoms with Crippen LogP contribution in [0.4, 0.5) is 0 Å². The number of hydrogen-bond donors (Lipinski definition) is 0. The molecule has 1 amide bonds. The number of carbonyl (C=O) groups excluding carboxylic acids is 1. The standard InChI is InChI=1S/C19H22N2O3/c1-23-18-9-3-2-8-17(18)19(22)21-11-5-7-16(13-21)24-14-15-6-4-10-20-12-15/h2-4,6,8-10,12,16H,5,7,11,13-14H2,1H3. The lowest BCUT2D eigenvalue weighted by Crippen LogP contribution is -2.43. The van der Waals surface area contributed by atoms with Gasteiger partial charge in [-0.15, -0.1) is 0 Å². The van der Waals surface area contributed by atoms with Crippen molar-refractivity contribution in [2.45, 2.75) is 25.6 Å². The summed E-state index contributed by atoms with van der Waals surface area (Å²) < 4.78 is 11.3. The Hall–Kier alpha value is -2.40. The third kappa shape index (κ3) is 3.92. The van der Waals surface area contributed by atoms with Crippen LogP contribution >= 0.6 is 0 Å². The Morgan fingerprint density at radius 2 is 2.17 bits per heavy atom. The van der Waals surface area contributed by atoms with Gasteiger partial charge in [0.1, 0.15) is 5.75 Å². The molecule has 0 aliphatic carbocycles. The summed E-state index contributed by atoms with van der Waals surface area (Å²) in [5.74, 6) is 0.614. The molecule has 1 aromatic carbocycles. The van der Waals surface area contributed by atoms with Gasteiger partial charge in [0.2, 0.25) is 0 Å². The second-order valence-electron chi connectivity index (χ2n) is 5.89. The number of pyridine rings is 1. The molecule has 2 heterocycles. The van der Waals surface area contributed by atoms with Crippen molar-refractivity contribution in [1.82, 2.24) is 9.88 Å². The van der Waals surface area contributed by atoms with Crippen molar-refractivity contribution in [3.63, 3.8) is 0 Å². The van der Waals surface area contributed by atoms with Gasteiger partial charge in [-0.1, -0.05) is 18.2 Å². The highest BCUT2D eigenvalue weighted by atomic mass is 16.5. The van der Waals surface area contributed by atoms with Gasteiger partial charge < -0.3 is 14.4 Å². The number of likely N-dealkylation sites (tertiary alicyclic amines) is 1. The summed E-state index contributed by atoms with van der Waals surface area (Å²) in [4.78, 5) is 18.7. The van der Waals surface area contributed by atoms with Crippen LogP contribution in [0.2, 0.25) is 0 Å². The second-order valence-corrected chi connectivity index (χ2v) is 5.89. The normalized spacial score (nSPS) is 17.5. The molecule has 0 bridgehead atoms. The number of aromatic nitrogens is 1. The molecule has 0 saturated carbocycles. The summed E-state index contributed by atoms with van der Waals surface area (Å²) in [6, 6.07) is 11.2. The van der Waals surface area contributed by atoms with E-state index in [1.165, 1.54) is 0 Å². The van der Waals surface area contributed by atoms with E-state index in [9.17, 15) is 4.79 Å². The Bertz CT molecular complexity index is 675. The van der Waals surface area contributed by atoms with Crippen LogP contribution in [-0.4, -0.2) is 42.1 Å². The molecule has 3 rings (SSSR count). The molecule has 1 fully saturated rings. The maximum Gasteiger partial charge on any atom is 0.257 e. The molecule has 1 unspecified atom stereocenters. The summed E-state index contributed by atoms with van der Waals surface area (Å²) in [5, 5.41) is 0. The van der Waals surface area contributed by atoms with E-state index in [0.29, 0.717) is 24.5 Å². The fourth-order valence-electron chi connectivity index (χ4n) is 2.95. The summed E-state index contributed by atoms with van der Waals surface area (Å²) in [6.07, 6.45) is 5.52. The van der Waals surface area contributed by atoms with Gasteiger partial charge in [0, 0.05) is 25.5 Å². The molecular formula is C19H22N2O3. The SMILES string of the molecule is COc1ccccc1C(=O)N1CCCC(OCc2cccnc2)C1. The number of amides is 1. The topological polar surface area (TPSA) is 51.7 Å². The van der Waals surface area contributed by atoms with Gasteiger partial charge in [0.15, 0.2) is 0 Å². The summed E-state index contributed by atoms with van der Waals surface area (Å²) in [7, 11) is 1.59. The second kappa shape index (κ2) is 7.93. The zero-order valence-electron chi connectivity index (χ0n) is 13.9. The van der Waals surface area contributed by atoms with Gasteiger partial charge in [0.05, 0.1) is 25.4 Å². The molecule has 0 spiro atoms. The van der Waals surface area contributed by atoms with Crippen LogP contribution < -0.4 is 4.74 Å². The number of ether oxygens (including phenoxy) is 2. The fourth-order valence-corrected chi connectivity index (χ4v) is 2.95. The van der Waals surface area contributed by atoms with Gasteiger partial charge in [-0.25, -0.2) is 0 Å². The molecule has 0 N–H and O–H groups in total. The average molecular weight is 326 g/mol. The fraction of sp³-hybridized carbons (Fsp3) is 0.368. The molecule has 126 valence electrons. The Balaban J connectivity index is 1.61. The van der Waals surface area contributed by atoms with Gasteiger partial charge >= 0.3 is 0 Å². The molecule has 2 aromatic rings. The molecule has 24 heavy (non-hydrogen) atoms. The first-order valence-electron chi connectivity index (χ1n) is 8.20. The van der Waals surface area contributed by atoms with Crippen molar-refractivity contribution in [3.05, 3.63) is 59.9 Å². The number of benzene rings is 1. The third-order valence-electron chi connectivity index (χ3n) is 4.21. The summed E-state index contributed by atoms with van der Waals surface area (Å²) >= 11 is 0. The number of piperidine rings is 1. The Morgan fingerprint density at radius 3 is 2.96 bits per heavy atom. The summed E-state index contributed by atoms with van der Waals surface area (Å²) in [5.41, 5.74) is 1.65. The van der Waals surface area contributed by atoms with Crippen LogP contribution in [0.5, 0.6) is 5.75 Å². The highest BCUT2D eigenvalue weighted by Crippen LogP contribution is 2.22. The summed E-state index contributed by atoms with van der Waals surface area (Å²) in [6.45, 7) is 1.88. The van der Waals surface area contributed by atoms with E-state index in [1.54, 1.807) is 25.6 Å². The van der Waals surface area contributed by atoms with Crippen LogP contribution in [0.25, 0.3) is 0 Å². The van der Waals surface area contributed by atoms with Crippen LogP contribution in [0.3, 0.4) is 0 Å². The largest absolute Gasteiger partial charge is 0.496 e. The first-order valence-corrected chi connectivity index (χ1v) is 8.20. The smallest absolute Gasteiger partial charge is 0.257 e. The Labute approximate surface area is 142 Å². The maximum atomic E-state index is 12.8. The highest BCUT2D eigenvalue weighted by molar-refractivity contribution is 5.97. The Morgan fingerprint density at radius 1 is 1.29 bits per heavy atom. The third-order valence-corrected chi connectivity index (χ3v) is 4.21. The molecule has 5 nitrogen and oxygen atoms in total. The first-order chi connectivity index (χ1) is 11.8. The minimum absolute atomic E-state index is 0.00197. The van der Waals surface area contributed by atoms with E-state index < -0.39 is 0 Å². The van der Waals surface area contributed by atoms with E-state index in [2.05, 4.69) is 4.98 Å². The molecule has 1 atom stereocenters. The molecule has 1 saturated heterocycles.